The van der Waals surface area contributed by atoms with E-state index in [-0.39, 0.29) is 31.2 Å². The van der Waals surface area contributed by atoms with E-state index in [1.165, 1.54) is 62.0 Å². The fourth-order valence-corrected chi connectivity index (χ4v) is 4.89. The van der Waals surface area contributed by atoms with E-state index >= 15 is 0 Å². The molecule has 1 amide bonds. The molecule has 0 fully saturated rings. The molecule has 1 aromatic heterocycles. The first-order valence-electron chi connectivity index (χ1n) is 8.04. The standard InChI is InChI=1S/C19H13Cl3N2O4S/c1-28-14-4-2-13(3-5-14)24(19(25)12-6-8-23-9-7-12)29(26,27)18-11-16(21)15(20)10-17(18)22/h2-11H,1H3. The van der Waals surface area contributed by atoms with Crippen molar-refractivity contribution in [3.05, 3.63) is 81.6 Å². The smallest absolute Gasteiger partial charge is 0.272 e. The summed E-state index contributed by atoms with van der Waals surface area (Å²) in [5.41, 5.74) is 0.213. The van der Waals surface area contributed by atoms with Crippen molar-refractivity contribution in [2.75, 3.05) is 11.4 Å². The van der Waals surface area contributed by atoms with Gasteiger partial charge in [0, 0.05) is 18.0 Å². The van der Waals surface area contributed by atoms with Gasteiger partial charge in [-0.2, -0.15) is 4.31 Å². The number of hydrogen-bond donors (Lipinski definition) is 0. The van der Waals surface area contributed by atoms with E-state index in [9.17, 15) is 13.2 Å². The Morgan fingerprint density at radius 2 is 1.52 bits per heavy atom. The minimum atomic E-state index is -4.44. The second kappa shape index (κ2) is 8.59. The molecule has 6 nitrogen and oxygen atoms in total. The van der Waals surface area contributed by atoms with Crippen LogP contribution < -0.4 is 9.04 Å². The predicted molar refractivity (Wildman–Crippen MR) is 113 cm³/mol. The number of anilines is 1. The van der Waals surface area contributed by atoms with Crippen LogP contribution in [0.15, 0.2) is 65.8 Å². The molecule has 0 bridgehead atoms. The van der Waals surface area contributed by atoms with Crippen LogP contribution in [0.25, 0.3) is 0 Å². The number of nitrogens with zero attached hydrogens (tertiary/aromatic N) is 2. The molecule has 0 unspecified atom stereocenters. The topological polar surface area (TPSA) is 76.6 Å². The number of pyridine rings is 1. The van der Waals surface area contributed by atoms with Crippen molar-refractivity contribution >= 4 is 56.4 Å². The van der Waals surface area contributed by atoms with Crippen LogP contribution in [0.3, 0.4) is 0 Å². The van der Waals surface area contributed by atoms with Gasteiger partial charge in [0.15, 0.2) is 0 Å². The van der Waals surface area contributed by atoms with Gasteiger partial charge in [0.1, 0.15) is 10.6 Å². The highest BCUT2D eigenvalue weighted by atomic mass is 35.5. The van der Waals surface area contributed by atoms with Crippen molar-refractivity contribution in [1.29, 1.82) is 0 Å². The van der Waals surface area contributed by atoms with Gasteiger partial charge in [0.05, 0.1) is 27.9 Å². The molecular weight excluding hydrogens is 459 g/mol. The fraction of sp³-hybridized carbons (Fsp3) is 0.0526. The number of sulfonamides is 1. The molecule has 2 aromatic carbocycles. The van der Waals surface area contributed by atoms with Crippen LogP contribution in [-0.2, 0) is 10.0 Å². The number of amides is 1. The Kier molecular flexibility index (Phi) is 6.33. The van der Waals surface area contributed by atoms with E-state index in [2.05, 4.69) is 4.98 Å². The number of ether oxygens (including phenoxy) is 1. The van der Waals surface area contributed by atoms with Crippen molar-refractivity contribution in [3.63, 3.8) is 0 Å². The summed E-state index contributed by atoms with van der Waals surface area (Å²) in [5, 5.41) is -0.0896. The Hall–Kier alpha value is -2.32. The number of methoxy groups -OCH3 is 1. The molecule has 29 heavy (non-hydrogen) atoms. The molecule has 1 heterocycles. The third-order valence-electron chi connectivity index (χ3n) is 3.91. The van der Waals surface area contributed by atoms with Crippen molar-refractivity contribution < 1.29 is 17.9 Å². The first kappa shape index (κ1) is 21.4. The zero-order valence-electron chi connectivity index (χ0n) is 14.8. The molecule has 0 saturated heterocycles. The largest absolute Gasteiger partial charge is 0.497 e. The number of carbonyl (C=O) groups is 1. The van der Waals surface area contributed by atoms with Gasteiger partial charge in [0.25, 0.3) is 15.9 Å². The van der Waals surface area contributed by atoms with Crippen LogP contribution in [0, 0.1) is 0 Å². The third kappa shape index (κ3) is 4.33. The van der Waals surface area contributed by atoms with Crippen LogP contribution in [0.5, 0.6) is 5.75 Å². The third-order valence-corrected chi connectivity index (χ3v) is 6.81. The monoisotopic (exact) mass is 470 g/mol. The van der Waals surface area contributed by atoms with Gasteiger partial charge in [-0.1, -0.05) is 34.8 Å². The second-order valence-corrected chi connectivity index (χ2v) is 8.68. The summed E-state index contributed by atoms with van der Waals surface area (Å²) in [4.78, 5) is 16.7. The van der Waals surface area contributed by atoms with Crippen molar-refractivity contribution in [3.8, 4) is 5.75 Å². The molecule has 0 aliphatic heterocycles. The normalized spacial score (nSPS) is 11.2. The second-order valence-electron chi connectivity index (χ2n) is 5.71. The minimum Gasteiger partial charge on any atom is -0.497 e. The molecule has 0 radical (unpaired) electrons. The minimum absolute atomic E-state index is 0.0133. The predicted octanol–water partition coefficient (Wildman–Crippen LogP) is 5.09. The lowest BCUT2D eigenvalue weighted by Crippen LogP contribution is -2.37. The van der Waals surface area contributed by atoms with Gasteiger partial charge < -0.3 is 4.74 Å². The zero-order valence-corrected chi connectivity index (χ0v) is 17.9. The number of aromatic nitrogens is 1. The maximum atomic E-state index is 13.5. The number of carbonyl (C=O) groups excluding carboxylic acids is 1. The zero-order chi connectivity index (χ0) is 21.2. The van der Waals surface area contributed by atoms with Crippen LogP contribution in [0.1, 0.15) is 10.4 Å². The molecule has 3 aromatic rings. The lowest BCUT2D eigenvalue weighted by Gasteiger charge is -2.23. The molecule has 0 spiro atoms. The molecule has 0 aliphatic rings. The van der Waals surface area contributed by atoms with Crippen LogP contribution in [0.2, 0.25) is 15.1 Å². The van der Waals surface area contributed by atoms with Crippen molar-refractivity contribution in [2.24, 2.45) is 0 Å². The molecular formula is C19H13Cl3N2O4S. The molecule has 0 aliphatic carbocycles. The average molecular weight is 472 g/mol. The summed E-state index contributed by atoms with van der Waals surface area (Å²) in [5.74, 6) is -0.297. The molecule has 3 rings (SSSR count). The van der Waals surface area contributed by atoms with Gasteiger partial charge >= 0.3 is 0 Å². The first-order chi connectivity index (χ1) is 13.8. The molecule has 150 valence electrons. The Morgan fingerprint density at radius 3 is 2.10 bits per heavy atom. The summed E-state index contributed by atoms with van der Waals surface area (Å²) in [7, 11) is -2.97. The van der Waals surface area contributed by atoms with Crippen molar-refractivity contribution in [1.82, 2.24) is 4.98 Å². The highest BCUT2D eigenvalue weighted by Gasteiger charge is 2.34. The highest BCUT2D eigenvalue weighted by molar-refractivity contribution is 7.93. The highest BCUT2D eigenvalue weighted by Crippen LogP contribution is 2.35. The maximum Gasteiger partial charge on any atom is 0.272 e. The quantitative estimate of drug-likeness (QED) is 0.485. The SMILES string of the molecule is COc1ccc(N(C(=O)c2ccncc2)S(=O)(=O)c2cc(Cl)c(Cl)cc2Cl)cc1. The van der Waals surface area contributed by atoms with E-state index in [0.717, 1.165) is 6.07 Å². The molecule has 0 saturated carbocycles. The number of halogens is 3. The van der Waals surface area contributed by atoms with Crippen LogP contribution in [-0.4, -0.2) is 26.4 Å². The molecule has 10 heteroatoms. The lowest BCUT2D eigenvalue weighted by molar-refractivity contribution is 0.100. The Labute approximate surface area is 182 Å². The summed E-state index contributed by atoms with van der Waals surface area (Å²) >= 11 is 18.0. The summed E-state index contributed by atoms with van der Waals surface area (Å²) < 4.78 is 32.7. The Morgan fingerprint density at radius 1 is 0.931 bits per heavy atom. The number of benzene rings is 2. The molecule has 0 N–H and O–H groups in total. The van der Waals surface area contributed by atoms with Gasteiger partial charge in [-0.25, -0.2) is 8.42 Å². The van der Waals surface area contributed by atoms with Gasteiger partial charge in [-0.15, -0.1) is 0 Å². The lowest BCUT2D eigenvalue weighted by atomic mass is 10.2. The fourth-order valence-electron chi connectivity index (χ4n) is 2.49. The van der Waals surface area contributed by atoms with Crippen LogP contribution >= 0.6 is 34.8 Å². The Balaban J connectivity index is 2.21. The van der Waals surface area contributed by atoms with E-state index in [1.54, 1.807) is 0 Å². The number of hydrogen-bond acceptors (Lipinski definition) is 5. The maximum absolute atomic E-state index is 13.5. The Bertz CT molecular complexity index is 1150. The first-order valence-corrected chi connectivity index (χ1v) is 10.6. The van der Waals surface area contributed by atoms with Crippen molar-refractivity contribution in [2.45, 2.75) is 4.90 Å². The van der Waals surface area contributed by atoms with E-state index in [1.807, 2.05) is 0 Å². The molecule has 0 atom stereocenters. The van der Waals surface area contributed by atoms with E-state index in [0.29, 0.717) is 10.1 Å². The average Bonchev–Trinajstić information content (AvgIpc) is 2.71. The summed E-state index contributed by atoms with van der Waals surface area (Å²) in [6.45, 7) is 0. The summed E-state index contributed by atoms with van der Waals surface area (Å²) in [6.07, 6.45) is 2.77. The van der Waals surface area contributed by atoms with E-state index < -0.39 is 15.9 Å². The van der Waals surface area contributed by atoms with Gasteiger partial charge in [-0.05, 0) is 48.5 Å². The number of rotatable bonds is 5. The van der Waals surface area contributed by atoms with E-state index in [4.69, 9.17) is 39.5 Å². The van der Waals surface area contributed by atoms with Crippen LogP contribution in [0.4, 0.5) is 5.69 Å². The van der Waals surface area contributed by atoms with Gasteiger partial charge in [-0.3, -0.25) is 9.78 Å². The summed E-state index contributed by atoms with van der Waals surface area (Å²) in [6, 6.07) is 11.1. The van der Waals surface area contributed by atoms with Gasteiger partial charge in [0.2, 0.25) is 0 Å².